The molecule has 2 aliphatic carbocycles. The first-order valence-electron chi connectivity index (χ1n) is 10.3. The van der Waals surface area contributed by atoms with Gasteiger partial charge in [-0.15, -0.1) is 0 Å². The minimum absolute atomic E-state index is 0.366. The van der Waals surface area contributed by atoms with Gasteiger partial charge in [-0.25, -0.2) is 4.98 Å². The Morgan fingerprint density at radius 1 is 1.38 bits per heavy atom. The molecule has 26 heavy (non-hydrogen) atoms. The Kier molecular flexibility index (Phi) is 6.57. The second-order valence-corrected chi connectivity index (χ2v) is 7.60. The average molecular weight is 362 g/mol. The Morgan fingerprint density at radius 2 is 2.23 bits per heavy atom. The number of aliphatic imine (C=N–C) groups is 1. The molecule has 3 rings (SSSR count). The highest BCUT2D eigenvalue weighted by Gasteiger charge is 2.59. The van der Waals surface area contributed by atoms with Crippen LogP contribution in [0.5, 0.6) is 0 Å². The first kappa shape index (κ1) is 19.2. The quantitative estimate of drug-likeness (QED) is 0.403. The molecule has 2 unspecified atom stereocenters. The van der Waals surface area contributed by atoms with Crippen molar-refractivity contribution in [1.82, 2.24) is 20.2 Å². The highest BCUT2D eigenvalue weighted by Crippen LogP contribution is 2.57. The summed E-state index contributed by atoms with van der Waals surface area (Å²) in [6, 6.07) is 0.513. The molecular weight excluding hydrogens is 326 g/mol. The van der Waals surface area contributed by atoms with E-state index in [2.05, 4.69) is 41.0 Å². The van der Waals surface area contributed by atoms with Crippen LogP contribution in [0.1, 0.15) is 58.2 Å². The van der Waals surface area contributed by atoms with Crippen molar-refractivity contribution >= 4 is 5.96 Å². The van der Waals surface area contributed by atoms with Crippen LogP contribution in [-0.2, 0) is 11.3 Å². The molecule has 2 fully saturated rings. The van der Waals surface area contributed by atoms with Crippen molar-refractivity contribution in [3.8, 4) is 0 Å². The second kappa shape index (κ2) is 8.89. The molecule has 0 radical (unpaired) electrons. The van der Waals surface area contributed by atoms with Gasteiger partial charge in [0.2, 0.25) is 0 Å². The van der Waals surface area contributed by atoms with Crippen molar-refractivity contribution < 1.29 is 4.74 Å². The molecule has 1 heterocycles. The predicted molar refractivity (Wildman–Crippen MR) is 105 cm³/mol. The van der Waals surface area contributed by atoms with Crippen LogP contribution in [0, 0.1) is 12.3 Å². The van der Waals surface area contributed by atoms with E-state index in [4.69, 9.17) is 9.73 Å². The van der Waals surface area contributed by atoms with Gasteiger partial charge >= 0.3 is 0 Å². The summed E-state index contributed by atoms with van der Waals surface area (Å²) in [5.74, 6) is 2.06. The molecule has 1 aromatic rings. The largest absolute Gasteiger partial charge is 0.378 e. The number of rotatable bonds is 9. The number of aromatic nitrogens is 2. The summed E-state index contributed by atoms with van der Waals surface area (Å²) in [5, 5.41) is 7.10. The highest BCUT2D eigenvalue weighted by molar-refractivity contribution is 5.80. The molecule has 1 spiro atoms. The highest BCUT2D eigenvalue weighted by atomic mass is 16.5. The number of aryl methyl sites for hydroxylation is 2. The molecule has 0 bridgehead atoms. The monoisotopic (exact) mass is 361 g/mol. The van der Waals surface area contributed by atoms with Gasteiger partial charge in [-0.2, -0.15) is 0 Å². The van der Waals surface area contributed by atoms with Crippen LogP contribution in [0.25, 0.3) is 0 Å². The normalized spacial score (nSPS) is 24.2. The van der Waals surface area contributed by atoms with Crippen LogP contribution in [-0.4, -0.2) is 47.4 Å². The third kappa shape index (κ3) is 4.05. The maximum atomic E-state index is 5.96. The lowest BCUT2D eigenvalue weighted by molar-refractivity contribution is -0.168. The maximum Gasteiger partial charge on any atom is 0.191 e. The topological polar surface area (TPSA) is 63.5 Å². The molecule has 0 amide bonds. The number of nitrogens with one attached hydrogen (secondary N) is 2. The van der Waals surface area contributed by atoms with Gasteiger partial charge in [0.25, 0.3) is 0 Å². The lowest BCUT2D eigenvalue weighted by Crippen LogP contribution is -2.68. The molecule has 2 atom stereocenters. The Hall–Kier alpha value is -1.56. The van der Waals surface area contributed by atoms with Crippen molar-refractivity contribution in [1.29, 1.82) is 0 Å². The van der Waals surface area contributed by atoms with E-state index in [0.717, 1.165) is 57.3 Å². The molecule has 2 saturated carbocycles. The molecule has 6 heteroatoms. The van der Waals surface area contributed by atoms with E-state index in [1.807, 2.05) is 12.4 Å². The van der Waals surface area contributed by atoms with E-state index in [1.54, 1.807) is 0 Å². The summed E-state index contributed by atoms with van der Waals surface area (Å²) in [6.45, 7) is 9.88. The van der Waals surface area contributed by atoms with E-state index in [9.17, 15) is 0 Å². The van der Waals surface area contributed by atoms with Crippen molar-refractivity contribution in [3.63, 3.8) is 0 Å². The molecule has 2 aliphatic rings. The van der Waals surface area contributed by atoms with Gasteiger partial charge in [0.15, 0.2) is 5.96 Å². The Labute approximate surface area is 157 Å². The molecule has 0 aromatic carbocycles. The second-order valence-electron chi connectivity index (χ2n) is 7.60. The van der Waals surface area contributed by atoms with Crippen LogP contribution in [0.2, 0.25) is 0 Å². The number of hydrogen-bond donors (Lipinski definition) is 2. The molecule has 0 saturated heterocycles. The summed E-state index contributed by atoms with van der Waals surface area (Å²) >= 11 is 0. The number of imidazole rings is 1. The van der Waals surface area contributed by atoms with Crippen LogP contribution in [0.15, 0.2) is 17.4 Å². The van der Waals surface area contributed by atoms with Crippen molar-refractivity contribution in [2.24, 2.45) is 10.4 Å². The molecule has 6 nitrogen and oxygen atoms in total. The number of hydrogen-bond acceptors (Lipinski definition) is 3. The Morgan fingerprint density at radius 3 is 2.85 bits per heavy atom. The van der Waals surface area contributed by atoms with E-state index < -0.39 is 0 Å². The van der Waals surface area contributed by atoms with E-state index in [-0.39, 0.29) is 0 Å². The van der Waals surface area contributed by atoms with Crippen LogP contribution >= 0.6 is 0 Å². The zero-order valence-electron chi connectivity index (χ0n) is 16.6. The zero-order valence-corrected chi connectivity index (χ0v) is 16.6. The number of guanidine groups is 1. The fraction of sp³-hybridized carbons (Fsp3) is 0.800. The van der Waals surface area contributed by atoms with Gasteiger partial charge in [0.1, 0.15) is 5.82 Å². The fourth-order valence-electron chi connectivity index (χ4n) is 4.35. The van der Waals surface area contributed by atoms with Crippen LogP contribution in [0.3, 0.4) is 0 Å². The smallest absolute Gasteiger partial charge is 0.191 e. The third-order valence-electron chi connectivity index (χ3n) is 6.09. The van der Waals surface area contributed by atoms with Gasteiger partial charge in [-0.1, -0.05) is 6.42 Å². The summed E-state index contributed by atoms with van der Waals surface area (Å²) in [5.41, 5.74) is 0.366. The summed E-state index contributed by atoms with van der Waals surface area (Å²) in [7, 11) is 0. The van der Waals surface area contributed by atoms with Crippen molar-refractivity contribution in [2.75, 3.05) is 19.7 Å². The molecule has 0 aliphatic heterocycles. The molecular formula is C20H35N5O. The standard InChI is InChI=1S/C20H35N5O/c1-4-21-19(23-11-6-7-13-25-14-12-22-16(25)3)24-17-15-18(26-5-2)20(17)9-8-10-20/h12,14,17-18H,4-11,13,15H2,1-3H3,(H2,21,23,24). The lowest BCUT2D eigenvalue weighted by atomic mass is 9.51. The summed E-state index contributed by atoms with van der Waals surface area (Å²) in [6.07, 6.45) is 11.6. The van der Waals surface area contributed by atoms with E-state index in [0.29, 0.717) is 17.6 Å². The van der Waals surface area contributed by atoms with Crippen LogP contribution in [0.4, 0.5) is 0 Å². The minimum atomic E-state index is 0.366. The molecule has 1 aromatic heterocycles. The van der Waals surface area contributed by atoms with Gasteiger partial charge < -0.3 is 19.9 Å². The summed E-state index contributed by atoms with van der Waals surface area (Å²) in [4.78, 5) is 9.07. The van der Waals surface area contributed by atoms with E-state index >= 15 is 0 Å². The van der Waals surface area contributed by atoms with Crippen molar-refractivity contribution in [3.05, 3.63) is 18.2 Å². The Balaban J connectivity index is 1.45. The van der Waals surface area contributed by atoms with Gasteiger partial charge in [0.05, 0.1) is 6.10 Å². The van der Waals surface area contributed by atoms with Crippen molar-refractivity contribution in [2.45, 2.75) is 78.0 Å². The SMILES string of the molecule is CCNC(=NCCCCn1ccnc1C)NC1CC(OCC)C12CCC2. The lowest BCUT2D eigenvalue weighted by Gasteiger charge is -2.61. The average Bonchev–Trinajstić information content (AvgIpc) is 2.97. The van der Waals surface area contributed by atoms with Gasteiger partial charge in [0, 0.05) is 50.1 Å². The first-order valence-corrected chi connectivity index (χ1v) is 10.3. The zero-order chi connectivity index (χ0) is 18.4. The number of unbranched alkanes of at least 4 members (excludes halogenated alkanes) is 1. The third-order valence-corrected chi connectivity index (χ3v) is 6.09. The van der Waals surface area contributed by atoms with Crippen LogP contribution < -0.4 is 10.6 Å². The number of ether oxygens (including phenoxy) is 1. The molecule has 2 N–H and O–H groups in total. The maximum absolute atomic E-state index is 5.96. The van der Waals surface area contributed by atoms with Gasteiger partial charge in [-0.3, -0.25) is 4.99 Å². The van der Waals surface area contributed by atoms with Gasteiger partial charge in [-0.05, 0) is 52.9 Å². The number of nitrogens with zero attached hydrogens (tertiary/aromatic N) is 3. The fourth-order valence-corrected chi connectivity index (χ4v) is 4.35. The molecule has 146 valence electrons. The Bertz CT molecular complexity index is 593. The van der Waals surface area contributed by atoms with E-state index in [1.165, 1.54) is 19.3 Å². The predicted octanol–water partition coefficient (Wildman–Crippen LogP) is 2.87. The summed E-state index contributed by atoms with van der Waals surface area (Å²) < 4.78 is 8.16. The first-order chi connectivity index (χ1) is 12.7. The minimum Gasteiger partial charge on any atom is -0.378 e.